The van der Waals surface area contributed by atoms with E-state index in [4.69, 9.17) is 16.3 Å². The van der Waals surface area contributed by atoms with Crippen LogP contribution in [0.1, 0.15) is 37.4 Å². The van der Waals surface area contributed by atoms with Gasteiger partial charge >= 0.3 is 0 Å². The molecule has 1 saturated heterocycles. The van der Waals surface area contributed by atoms with Crippen LogP contribution in [-0.4, -0.2) is 17.8 Å². The van der Waals surface area contributed by atoms with Gasteiger partial charge in [0.2, 0.25) is 0 Å². The molecule has 94 valence electrons. The lowest BCUT2D eigenvalue weighted by Gasteiger charge is -2.15. The third kappa shape index (κ3) is 3.18. The highest BCUT2D eigenvalue weighted by atomic mass is 35.5. The molecule has 0 aromatic heterocycles. The molecule has 1 aromatic rings. The molecule has 0 bridgehead atoms. The van der Waals surface area contributed by atoms with Crippen LogP contribution in [0.3, 0.4) is 0 Å². The molecule has 2 unspecified atom stereocenters. The van der Waals surface area contributed by atoms with E-state index in [9.17, 15) is 9.50 Å². The van der Waals surface area contributed by atoms with Crippen LogP contribution in [0.4, 0.5) is 4.39 Å². The van der Waals surface area contributed by atoms with Crippen LogP contribution in [-0.2, 0) is 4.74 Å². The fourth-order valence-corrected chi connectivity index (χ4v) is 2.40. The number of aliphatic hydroxyl groups is 1. The van der Waals surface area contributed by atoms with Crippen molar-refractivity contribution < 1.29 is 14.2 Å². The molecule has 1 aliphatic rings. The maximum absolute atomic E-state index is 13.2. The van der Waals surface area contributed by atoms with Gasteiger partial charge in [-0.3, -0.25) is 0 Å². The minimum atomic E-state index is -0.720. The molecule has 0 spiro atoms. The molecule has 1 heterocycles. The van der Waals surface area contributed by atoms with Gasteiger partial charge in [-0.2, -0.15) is 0 Å². The Morgan fingerprint density at radius 3 is 3.06 bits per heavy atom. The molecule has 2 rings (SSSR count). The topological polar surface area (TPSA) is 29.5 Å². The molecule has 0 radical (unpaired) electrons. The Balaban J connectivity index is 1.94. The summed E-state index contributed by atoms with van der Waals surface area (Å²) in [4.78, 5) is 0. The molecule has 0 amide bonds. The van der Waals surface area contributed by atoms with Crippen LogP contribution in [0.5, 0.6) is 0 Å². The van der Waals surface area contributed by atoms with Gasteiger partial charge in [-0.15, -0.1) is 0 Å². The van der Waals surface area contributed by atoms with E-state index in [-0.39, 0.29) is 11.1 Å². The Morgan fingerprint density at radius 2 is 2.35 bits per heavy atom. The normalized spacial score (nSPS) is 21.7. The summed E-state index contributed by atoms with van der Waals surface area (Å²) in [6, 6.07) is 4.51. The molecule has 1 aromatic carbocycles. The van der Waals surface area contributed by atoms with Crippen molar-refractivity contribution in [3.8, 4) is 0 Å². The van der Waals surface area contributed by atoms with E-state index in [1.165, 1.54) is 6.07 Å². The Bertz CT molecular complexity index is 378. The summed E-state index contributed by atoms with van der Waals surface area (Å²) in [6.45, 7) is 0.807. The molecule has 0 aliphatic carbocycles. The zero-order chi connectivity index (χ0) is 12.3. The first-order chi connectivity index (χ1) is 8.18. The molecule has 2 nitrogen and oxygen atoms in total. The zero-order valence-electron chi connectivity index (χ0n) is 9.53. The monoisotopic (exact) mass is 258 g/mol. The summed E-state index contributed by atoms with van der Waals surface area (Å²) < 4.78 is 18.7. The number of hydrogen-bond acceptors (Lipinski definition) is 2. The Morgan fingerprint density at radius 1 is 1.53 bits per heavy atom. The third-order valence-corrected chi connectivity index (χ3v) is 3.53. The molecule has 17 heavy (non-hydrogen) atoms. The van der Waals surface area contributed by atoms with E-state index in [0.29, 0.717) is 12.0 Å². The maximum atomic E-state index is 13.2. The molecule has 0 saturated carbocycles. The van der Waals surface area contributed by atoms with Crippen molar-refractivity contribution in [2.24, 2.45) is 0 Å². The van der Waals surface area contributed by atoms with Gasteiger partial charge in [-0.1, -0.05) is 23.7 Å². The Labute approximate surface area is 105 Å². The lowest BCUT2D eigenvalue weighted by atomic mass is 10.0. The second kappa shape index (κ2) is 5.80. The molecule has 1 aliphatic heterocycles. The maximum Gasteiger partial charge on any atom is 0.142 e. The molecule has 1 fully saturated rings. The van der Waals surface area contributed by atoms with Crippen molar-refractivity contribution in [1.82, 2.24) is 0 Å². The van der Waals surface area contributed by atoms with Crippen molar-refractivity contribution in [3.05, 3.63) is 34.6 Å². The summed E-state index contributed by atoms with van der Waals surface area (Å²) in [5.41, 5.74) is 0.463. The molecule has 1 N–H and O–H groups in total. The fourth-order valence-electron chi connectivity index (χ4n) is 2.15. The van der Waals surface area contributed by atoms with Crippen LogP contribution in [0.25, 0.3) is 0 Å². The summed E-state index contributed by atoms with van der Waals surface area (Å²) in [6.07, 6.45) is 2.98. The van der Waals surface area contributed by atoms with Crippen LogP contribution in [0.2, 0.25) is 5.02 Å². The van der Waals surface area contributed by atoms with Crippen molar-refractivity contribution in [1.29, 1.82) is 0 Å². The first-order valence-electron chi connectivity index (χ1n) is 5.92. The van der Waals surface area contributed by atoms with Gasteiger partial charge in [0.05, 0.1) is 17.2 Å². The summed E-state index contributed by atoms with van der Waals surface area (Å²) in [5.74, 6) is -0.486. The summed E-state index contributed by atoms with van der Waals surface area (Å²) in [7, 11) is 0. The van der Waals surface area contributed by atoms with E-state index in [2.05, 4.69) is 0 Å². The van der Waals surface area contributed by atoms with Crippen LogP contribution in [0.15, 0.2) is 18.2 Å². The number of ether oxygens (including phenoxy) is 1. The van der Waals surface area contributed by atoms with Gasteiger partial charge in [-0.25, -0.2) is 4.39 Å². The average Bonchev–Trinajstić information content (AvgIpc) is 2.82. The number of benzene rings is 1. The van der Waals surface area contributed by atoms with Crippen molar-refractivity contribution in [2.45, 2.75) is 37.9 Å². The molecular weight excluding hydrogens is 243 g/mol. The average molecular weight is 259 g/mol. The van der Waals surface area contributed by atoms with Crippen LogP contribution in [0, 0.1) is 5.82 Å². The standard InChI is InChI=1S/C13H16ClFO2/c14-13-10(4-1-5-11(13)15)12(16)7-6-9-3-2-8-17-9/h1,4-5,9,12,16H,2-3,6-8H2. The van der Waals surface area contributed by atoms with Gasteiger partial charge in [-0.05, 0) is 31.7 Å². The second-order valence-electron chi connectivity index (χ2n) is 4.37. The first-order valence-corrected chi connectivity index (χ1v) is 6.30. The summed E-state index contributed by atoms with van der Waals surface area (Å²) >= 11 is 5.82. The number of hydrogen-bond donors (Lipinski definition) is 1. The van der Waals surface area contributed by atoms with Crippen molar-refractivity contribution in [2.75, 3.05) is 6.61 Å². The minimum Gasteiger partial charge on any atom is -0.388 e. The minimum absolute atomic E-state index is 0.0207. The second-order valence-corrected chi connectivity index (χ2v) is 4.75. The van der Waals surface area contributed by atoms with E-state index < -0.39 is 11.9 Å². The Kier molecular flexibility index (Phi) is 4.37. The third-order valence-electron chi connectivity index (χ3n) is 3.13. The number of halogens is 2. The van der Waals surface area contributed by atoms with Gasteiger partial charge in [0, 0.05) is 12.2 Å². The van der Waals surface area contributed by atoms with Gasteiger partial charge < -0.3 is 9.84 Å². The lowest BCUT2D eigenvalue weighted by Crippen LogP contribution is -2.08. The van der Waals surface area contributed by atoms with Gasteiger partial charge in [0.1, 0.15) is 5.82 Å². The molecule has 4 heteroatoms. The largest absolute Gasteiger partial charge is 0.388 e. The van der Waals surface area contributed by atoms with Gasteiger partial charge in [0.15, 0.2) is 0 Å². The van der Waals surface area contributed by atoms with E-state index >= 15 is 0 Å². The smallest absolute Gasteiger partial charge is 0.142 e. The number of aliphatic hydroxyl groups excluding tert-OH is 1. The van der Waals surface area contributed by atoms with E-state index in [1.54, 1.807) is 12.1 Å². The van der Waals surface area contributed by atoms with Gasteiger partial charge in [0.25, 0.3) is 0 Å². The predicted molar refractivity (Wildman–Crippen MR) is 64.6 cm³/mol. The highest BCUT2D eigenvalue weighted by molar-refractivity contribution is 6.31. The predicted octanol–water partition coefficient (Wildman–Crippen LogP) is 3.47. The molecular formula is C13H16ClFO2. The van der Waals surface area contributed by atoms with E-state index in [0.717, 1.165) is 25.9 Å². The zero-order valence-corrected chi connectivity index (χ0v) is 10.3. The highest BCUT2D eigenvalue weighted by Gasteiger charge is 2.19. The van der Waals surface area contributed by atoms with E-state index in [1.807, 2.05) is 0 Å². The van der Waals surface area contributed by atoms with Crippen molar-refractivity contribution in [3.63, 3.8) is 0 Å². The lowest BCUT2D eigenvalue weighted by molar-refractivity contribution is 0.0812. The van der Waals surface area contributed by atoms with Crippen LogP contribution < -0.4 is 0 Å². The fraction of sp³-hybridized carbons (Fsp3) is 0.538. The highest BCUT2D eigenvalue weighted by Crippen LogP contribution is 2.29. The molecule has 2 atom stereocenters. The quantitative estimate of drug-likeness (QED) is 0.896. The van der Waals surface area contributed by atoms with Crippen LogP contribution >= 0.6 is 11.6 Å². The first kappa shape index (κ1) is 12.8. The summed E-state index contributed by atoms with van der Waals surface area (Å²) in [5, 5.41) is 10.0. The SMILES string of the molecule is OC(CCC1CCCO1)c1cccc(F)c1Cl. The Hall–Kier alpha value is -0.640. The van der Waals surface area contributed by atoms with Crippen molar-refractivity contribution >= 4 is 11.6 Å². The number of rotatable bonds is 4.